The Morgan fingerprint density at radius 1 is 1.23 bits per heavy atom. The van der Waals surface area contributed by atoms with Gasteiger partial charge in [-0.05, 0) is 30.4 Å². The van der Waals surface area contributed by atoms with E-state index in [1.165, 1.54) is 48.6 Å². The van der Waals surface area contributed by atoms with Crippen molar-refractivity contribution >= 4 is 34.0 Å². The van der Waals surface area contributed by atoms with E-state index >= 15 is 0 Å². The Bertz CT molecular complexity index is 817. The fraction of sp³-hybridized carbons (Fsp3) is 0.500. The van der Waals surface area contributed by atoms with E-state index in [4.69, 9.17) is 11.6 Å². The summed E-state index contributed by atoms with van der Waals surface area (Å²) in [6.07, 6.45) is 13.7. The van der Waals surface area contributed by atoms with Gasteiger partial charge in [-0.1, -0.05) is 61.9 Å². The van der Waals surface area contributed by atoms with Crippen LogP contribution in [0.15, 0.2) is 30.5 Å². The summed E-state index contributed by atoms with van der Waals surface area (Å²) in [6, 6.07) is 6.01. The molecule has 0 saturated heterocycles. The molecule has 2 aromatic rings. The van der Waals surface area contributed by atoms with E-state index in [9.17, 15) is 4.79 Å². The van der Waals surface area contributed by atoms with Crippen molar-refractivity contribution in [1.82, 2.24) is 9.88 Å². The van der Waals surface area contributed by atoms with Crippen molar-refractivity contribution in [3.05, 3.63) is 41.1 Å². The predicted molar refractivity (Wildman–Crippen MR) is 108 cm³/mol. The zero-order chi connectivity index (χ0) is 17.9. The number of aromatic amines is 1. The molecule has 0 spiro atoms. The molecule has 1 aromatic carbocycles. The minimum Gasteiger partial charge on any atom is -0.359 e. The Morgan fingerprint density at radius 3 is 2.85 bits per heavy atom. The van der Waals surface area contributed by atoms with E-state index in [1.807, 2.05) is 23.2 Å². The number of H-pyrrole nitrogens is 1. The molecule has 4 rings (SSSR count). The maximum absolute atomic E-state index is 12.6. The average molecular weight is 371 g/mol. The number of amides is 1. The quantitative estimate of drug-likeness (QED) is 0.725. The predicted octanol–water partition coefficient (Wildman–Crippen LogP) is 5.80. The number of para-hydroxylation sites is 1. The minimum atomic E-state index is 0.327. The molecule has 3 nitrogen and oxygen atoms in total. The first-order valence-electron chi connectivity index (χ1n) is 9.95. The molecule has 1 amide bonds. The normalized spacial score (nSPS) is 19.0. The zero-order valence-electron chi connectivity index (χ0n) is 15.3. The number of carbonyl (C=O) groups excluding carboxylic acids is 1. The molecule has 138 valence electrons. The number of fused-ring (bicyclic) bond motifs is 1. The molecule has 4 heteroatoms. The van der Waals surface area contributed by atoms with Crippen LogP contribution in [0.2, 0.25) is 5.02 Å². The SMILES string of the molecule is O=C(CCC1CCCCC1)N1CC=C(c2c[nH]c3c(Cl)cccc23)CC1. The fourth-order valence-corrected chi connectivity index (χ4v) is 4.71. The Labute approximate surface area is 160 Å². The molecule has 0 radical (unpaired) electrons. The summed E-state index contributed by atoms with van der Waals surface area (Å²) in [7, 11) is 0. The number of hydrogen-bond donors (Lipinski definition) is 1. The van der Waals surface area contributed by atoms with Gasteiger partial charge in [0.25, 0.3) is 0 Å². The maximum Gasteiger partial charge on any atom is 0.222 e. The number of hydrogen-bond acceptors (Lipinski definition) is 1. The molecule has 2 aliphatic rings. The molecular formula is C22H27ClN2O. The molecule has 1 N–H and O–H groups in total. The van der Waals surface area contributed by atoms with E-state index in [0.717, 1.165) is 48.8 Å². The number of carbonyl (C=O) groups is 1. The second-order valence-electron chi connectivity index (χ2n) is 7.73. The van der Waals surface area contributed by atoms with Gasteiger partial charge in [0, 0.05) is 36.7 Å². The number of nitrogens with one attached hydrogen (secondary N) is 1. The lowest BCUT2D eigenvalue weighted by Crippen LogP contribution is -2.34. The summed E-state index contributed by atoms with van der Waals surface area (Å²) in [4.78, 5) is 17.9. The van der Waals surface area contributed by atoms with Gasteiger partial charge in [0.15, 0.2) is 0 Å². The lowest BCUT2D eigenvalue weighted by molar-refractivity contribution is -0.131. The maximum atomic E-state index is 12.6. The summed E-state index contributed by atoms with van der Waals surface area (Å²) >= 11 is 6.27. The topological polar surface area (TPSA) is 36.1 Å². The lowest BCUT2D eigenvalue weighted by Gasteiger charge is -2.28. The van der Waals surface area contributed by atoms with Gasteiger partial charge in [-0.25, -0.2) is 0 Å². The molecule has 1 aromatic heterocycles. The number of halogens is 1. The highest BCUT2D eigenvalue weighted by atomic mass is 35.5. The molecule has 1 fully saturated rings. The fourth-order valence-electron chi connectivity index (χ4n) is 4.48. The van der Waals surface area contributed by atoms with Crippen molar-refractivity contribution < 1.29 is 4.79 Å². The van der Waals surface area contributed by atoms with Crippen molar-refractivity contribution in [3.63, 3.8) is 0 Å². The van der Waals surface area contributed by atoms with Gasteiger partial charge < -0.3 is 9.88 Å². The first kappa shape index (κ1) is 17.7. The molecule has 0 bridgehead atoms. The molecule has 1 aliphatic heterocycles. The van der Waals surface area contributed by atoms with E-state index in [-0.39, 0.29) is 0 Å². The third kappa shape index (κ3) is 3.68. The third-order valence-corrected chi connectivity index (χ3v) is 6.38. The van der Waals surface area contributed by atoms with Crippen LogP contribution in [0.4, 0.5) is 0 Å². The van der Waals surface area contributed by atoms with Gasteiger partial charge >= 0.3 is 0 Å². The van der Waals surface area contributed by atoms with Crippen LogP contribution in [0.25, 0.3) is 16.5 Å². The molecular weight excluding hydrogens is 344 g/mol. The summed E-state index contributed by atoms with van der Waals surface area (Å²) in [5.41, 5.74) is 3.53. The number of aromatic nitrogens is 1. The minimum absolute atomic E-state index is 0.327. The third-order valence-electron chi connectivity index (χ3n) is 6.06. The van der Waals surface area contributed by atoms with Crippen molar-refractivity contribution in [1.29, 1.82) is 0 Å². The zero-order valence-corrected chi connectivity index (χ0v) is 16.0. The Morgan fingerprint density at radius 2 is 2.08 bits per heavy atom. The van der Waals surface area contributed by atoms with Crippen molar-refractivity contribution in [2.45, 2.75) is 51.4 Å². The van der Waals surface area contributed by atoms with Crippen LogP contribution >= 0.6 is 11.6 Å². The summed E-state index contributed by atoms with van der Waals surface area (Å²) in [6.45, 7) is 1.55. The monoisotopic (exact) mass is 370 g/mol. The lowest BCUT2D eigenvalue weighted by atomic mass is 9.86. The highest BCUT2D eigenvalue weighted by molar-refractivity contribution is 6.35. The second-order valence-corrected chi connectivity index (χ2v) is 8.13. The average Bonchev–Trinajstić information content (AvgIpc) is 3.12. The Balaban J connectivity index is 1.38. The standard InChI is InChI=1S/C22H27ClN2O/c23-20-8-4-7-18-19(15-24-22(18)20)17-11-13-25(14-12-17)21(26)10-9-16-5-2-1-3-6-16/h4,7-8,11,15-16,24H,1-3,5-6,9-10,12-14H2. The summed E-state index contributed by atoms with van der Waals surface area (Å²) in [5, 5.41) is 1.92. The molecule has 1 aliphatic carbocycles. The van der Waals surface area contributed by atoms with Gasteiger partial charge in [0.2, 0.25) is 5.91 Å². The Kier molecular flexibility index (Phi) is 5.35. The molecule has 1 saturated carbocycles. The highest BCUT2D eigenvalue weighted by Crippen LogP contribution is 2.32. The van der Waals surface area contributed by atoms with Crippen LogP contribution in [0, 0.1) is 5.92 Å². The molecule has 2 heterocycles. The van der Waals surface area contributed by atoms with Gasteiger partial charge in [-0.2, -0.15) is 0 Å². The molecule has 0 atom stereocenters. The summed E-state index contributed by atoms with van der Waals surface area (Å²) in [5.74, 6) is 1.10. The van der Waals surface area contributed by atoms with Crippen LogP contribution in [0.1, 0.15) is 56.9 Å². The van der Waals surface area contributed by atoms with Gasteiger partial charge in [0.1, 0.15) is 0 Å². The van der Waals surface area contributed by atoms with E-state index in [0.29, 0.717) is 5.91 Å². The molecule has 26 heavy (non-hydrogen) atoms. The number of benzene rings is 1. The van der Waals surface area contributed by atoms with E-state index in [1.54, 1.807) is 0 Å². The van der Waals surface area contributed by atoms with Crippen molar-refractivity contribution in [2.24, 2.45) is 5.92 Å². The second kappa shape index (κ2) is 7.87. The van der Waals surface area contributed by atoms with Gasteiger partial charge in [-0.3, -0.25) is 4.79 Å². The van der Waals surface area contributed by atoms with Crippen LogP contribution in [0.3, 0.4) is 0 Å². The number of rotatable bonds is 4. The van der Waals surface area contributed by atoms with Gasteiger partial charge in [0.05, 0.1) is 10.5 Å². The number of nitrogens with zero attached hydrogens (tertiary/aromatic N) is 1. The van der Waals surface area contributed by atoms with Crippen molar-refractivity contribution in [2.75, 3.05) is 13.1 Å². The molecule has 0 unspecified atom stereocenters. The van der Waals surface area contributed by atoms with Crippen LogP contribution < -0.4 is 0 Å². The van der Waals surface area contributed by atoms with Crippen LogP contribution in [-0.2, 0) is 4.79 Å². The van der Waals surface area contributed by atoms with E-state index < -0.39 is 0 Å². The Hall–Kier alpha value is -1.74. The summed E-state index contributed by atoms with van der Waals surface area (Å²) < 4.78 is 0. The van der Waals surface area contributed by atoms with Crippen LogP contribution in [0.5, 0.6) is 0 Å². The van der Waals surface area contributed by atoms with Gasteiger partial charge in [-0.15, -0.1) is 0 Å². The largest absolute Gasteiger partial charge is 0.359 e. The highest BCUT2D eigenvalue weighted by Gasteiger charge is 2.21. The first-order chi connectivity index (χ1) is 12.7. The van der Waals surface area contributed by atoms with E-state index in [2.05, 4.69) is 17.1 Å². The van der Waals surface area contributed by atoms with Crippen LogP contribution in [-0.4, -0.2) is 28.9 Å². The first-order valence-corrected chi connectivity index (χ1v) is 10.3. The van der Waals surface area contributed by atoms with Crippen molar-refractivity contribution in [3.8, 4) is 0 Å². The smallest absolute Gasteiger partial charge is 0.222 e.